The molecule has 2 N–H and O–H groups in total. The van der Waals surface area contributed by atoms with Gasteiger partial charge in [0.05, 0.1) is 6.54 Å². The molecule has 0 unspecified atom stereocenters. The monoisotopic (exact) mass is 490 g/mol. The number of nitrogens with zero attached hydrogens (tertiary/aromatic N) is 2. The lowest BCUT2D eigenvalue weighted by atomic mass is 10.2. The number of amides is 1. The lowest BCUT2D eigenvalue weighted by molar-refractivity contribution is -0.123. The van der Waals surface area contributed by atoms with Crippen molar-refractivity contribution in [1.82, 2.24) is 15.5 Å². The SMILES string of the molecule is CCNC(=NCCNC(=O)C(C)C)N(C)Cc1ccc2c(c1)OCCO2.I. The number of benzene rings is 1. The van der Waals surface area contributed by atoms with Crippen molar-refractivity contribution in [3.63, 3.8) is 0 Å². The van der Waals surface area contributed by atoms with Crippen LogP contribution in [0, 0.1) is 5.92 Å². The minimum atomic E-state index is -0.00917. The molecule has 0 saturated carbocycles. The molecular weight excluding hydrogens is 459 g/mol. The molecule has 0 saturated heterocycles. The van der Waals surface area contributed by atoms with Crippen molar-refractivity contribution < 1.29 is 14.3 Å². The van der Waals surface area contributed by atoms with Crippen LogP contribution >= 0.6 is 24.0 Å². The average Bonchev–Trinajstić information content (AvgIpc) is 2.63. The summed E-state index contributed by atoms with van der Waals surface area (Å²) in [5, 5.41) is 6.16. The highest BCUT2D eigenvalue weighted by Crippen LogP contribution is 2.30. The van der Waals surface area contributed by atoms with Gasteiger partial charge in [0.2, 0.25) is 5.91 Å². The smallest absolute Gasteiger partial charge is 0.222 e. The zero-order valence-corrected chi connectivity index (χ0v) is 18.9. The highest BCUT2D eigenvalue weighted by Gasteiger charge is 2.13. The topological polar surface area (TPSA) is 75.2 Å². The van der Waals surface area contributed by atoms with E-state index in [2.05, 4.69) is 20.5 Å². The molecule has 27 heavy (non-hydrogen) atoms. The summed E-state index contributed by atoms with van der Waals surface area (Å²) in [5.41, 5.74) is 1.12. The predicted octanol–water partition coefficient (Wildman–Crippen LogP) is 2.25. The molecule has 8 heteroatoms. The van der Waals surface area contributed by atoms with Crippen LogP contribution in [-0.4, -0.2) is 56.7 Å². The molecule has 1 aliphatic rings. The molecule has 1 aromatic carbocycles. The van der Waals surface area contributed by atoms with Crippen LogP contribution in [0.3, 0.4) is 0 Å². The zero-order valence-electron chi connectivity index (χ0n) is 16.6. The normalized spacial score (nSPS) is 13.0. The zero-order chi connectivity index (χ0) is 18.9. The first-order chi connectivity index (χ1) is 12.5. The van der Waals surface area contributed by atoms with Gasteiger partial charge in [-0.2, -0.15) is 0 Å². The summed E-state index contributed by atoms with van der Waals surface area (Å²) in [6.07, 6.45) is 0. The van der Waals surface area contributed by atoms with Crippen LogP contribution in [0.1, 0.15) is 26.3 Å². The first-order valence-electron chi connectivity index (χ1n) is 9.17. The number of guanidine groups is 1. The molecule has 0 aliphatic carbocycles. The first kappa shape index (κ1) is 23.3. The number of hydrogen-bond donors (Lipinski definition) is 2. The molecule has 0 aromatic heterocycles. The third-order valence-electron chi connectivity index (χ3n) is 3.92. The molecule has 1 aliphatic heterocycles. The third-order valence-corrected chi connectivity index (χ3v) is 3.92. The maximum atomic E-state index is 11.6. The van der Waals surface area contributed by atoms with Crippen molar-refractivity contribution in [2.75, 3.05) is 39.9 Å². The Morgan fingerprint density at radius 1 is 1.22 bits per heavy atom. The van der Waals surface area contributed by atoms with Crippen LogP contribution < -0.4 is 20.1 Å². The van der Waals surface area contributed by atoms with Gasteiger partial charge in [-0.25, -0.2) is 0 Å². The maximum absolute atomic E-state index is 11.6. The number of halogens is 1. The first-order valence-corrected chi connectivity index (χ1v) is 9.17. The summed E-state index contributed by atoms with van der Waals surface area (Å²) in [6.45, 7) is 9.51. The average molecular weight is 490 g/mol. The fourth-order valence-corrected chi connectivity index (χ4v) is 2.55. The van der Waals surface area contributed by atoms with E-state index in [4.69, 9.17) is 9.47 Å². The van der Waals surface area contributed by atoms with E-state index >= 15 is 0 Å². The second kappa shape index (κ2) is 11.9. The number of carbonyl (C=O) groups is 1. The maximum Gasteiger partial charge on any atom is 0.222 e. The van der Waals surface area contributed by atoms with Crippen molar-refractivity contribution >= 4 is 35.8 Å². The largest absolute Gasteiger partial charge is 0.486 e. The second-order valence-corrected chi connectivity index (χ2v) is 6.52. The van der Waals surface area contributed by atoms with Crippen LogP contribution in [-0.2, 0) is 11.3 Å². The molecule has 1 aromatic rings. The summed E-state index contributed by atoms with van der Waals surface area (Å²) in [6, 6.07) is 6.00. The predicted molar refractivity (Wildman–Crippen MR) is 118 cm³/mol. The Kier molecular flexibility index (Phi) is 10.3. The second-order valence-electron chi connectivity index (χ2n) is 6.52. The van der Waals surface area contributed by atoms with Gasteiger partial charge in [0, 0.05) is 32.6 Å². The van der Waals surface area contributed by atoms with Gasteiger partial charge < -0.3 is 25.0 Å². The van der Waals surface area contributed by atoms with Crippen molar-refractivity contribution in [3.05, 3.63) is 23.8 Å². The minimum absolute atomic E-state index is 0. The molecule has 1 heterocycles. The van der Waals surface area contributed by atoms with Gasteiger partial charge in [0.1, 0.15) is 13.2 Å². The van der Waals surface area contributed by atoms with Crippen LogP contribution in [0.5, 0.6) is 11.5 Å². The van der Waals surface area contributed by atoms with Gasteiger partial charge in [-0.3, -0.25) is 9.79 Å². The molecule has 0 spiro atoms. The Balaban J connectivity index is 0.00000364. The molecule has 7 nitrogen and oxygen atoms in total. The number of aliphatic imine (C=N–C) groups is 1. The third kappa shape index (κ3) is 7.43. The number of fused-ring (bicyclic) bond motifs is 1. The Hall–Kier alpha value is -1.71. The van der Waals surface area contributed by atoms with E-state index in [9.17, 15) is 4.79 Å². The Bertz CT molecular complexity index is 637. The fourth-order valence-electron chi connectivity index (χ4n) is 2.55. The van der Waals surface area contributed by atoms with Crippen molar-refractivity contribution in [1.29, 1.82) is 0 Å². The van der Waals surface area contributed by atoms with Crippen LogP contribution in [0.4, 0.5) is 0 Å². The van der Waals surface area contributed by atoms with E-state index in [0.717, 1.165) is 29.6 Å². The van der Waals surface area contributed by atoms with E-state index in [1.807, 2.05) is 46.0 Å². The molecule has 0 radical (unpaired) electrons. The Morgan fingerprint density at radius 2 is 1.93 bits per heavy atom. The number of carbonyl (C=O) groups excluding carboxylic acids is 1. The van der Waals surface area contributed by atoms with E-state index < -0.39 is 0 Å². The van der Waals surface area contributed by atoms with Crippen molar-refractivity contribution in [2.24, 2.45) is 10.9 Å². The van der Waals surface area contributed by atoms with Gasteiger partial charge in [0.25, 0.3) is 0 Å². The highest BCUT2D eigenvalue weighted by molar-refractivity contribution is 14.0. The fraction of sp³-hybridized carbons (Fsp3) is 0.579. The minimum Gasteiger partial charge on any atom is -0.486 e. The van der Waals surface area contributed by atoms with E-state index in [1.165, 1.54) is 0 Å². The number of ether oxygens (including phenoxy) is 2. The number of nitrogens with one attached hydrogen (secondary N) is 2. The molecule has 0 bridgehead atoms. The number of hydrogen-bond acceptors (Lipinski definition) is 4. The summed E-state index contributed by atoms with van der Waals surface area (Å²) < 4.78 is 11.2. The molecule has 2 rings (SSSR count). The van der Waals surface area contributed by atoms with E-state index in [0.29, 0.717) is 32.8 Å². The van der Waals surface area contributed by atoms with Crippen molar-refractivity contribution in [2.45, 2.75) is 27.3 Å². The highest BCUT2D eigenvalue weighted by atomic mass is 127. The summed E-state index contributed by atoms with van der Waals surface area (Å²) in [7, 11) is 1.99. The number of rotatable bonds is 7. The lowest BCUT2D eigenvalue weighted by Crippen LogP contribution is -2.39. The summed E-state index contributed by atoms with van der Waals surface area (Å²) in [5.74, 6) is 2.44. The van der Waals surface area contributed by atoms with Crippen LogP contribution in [0.25, 0.3) is 0 Å². The van der Waals surface area contributed by atoms with Gasteiger partial charge >= 0.3 is 0 Å². The molecular formula is C19H31IN4O3. The van der Waals surface area contributed by atoms with Crippen molar-refractivity contribution in [3.8, 4) is 11.5 Å². The van der Waals surface area contributed by atoms with Crippen LogP contribution in [0.15, 0.2) is 23.2 Å². The molecule has 0 fully saturated rings. The van der Waals surface area contributed by atoms with Crippen LogP contribution in [0.2, 0.25) is 0 Å². The quantitative estimate of drug-likeness (QED) is 0.266. The van der Waals surface area contributed by atoms with E-state index in [-0.39, 0.29) is 35.8 Å². The molecule has 1 amide bonds. The Morgan fingerprint density at radius 3 is 2.59 bits per heavy atom. The van der Waals surface area contributed by atoms with Gasteiger partial charge in [-0.05, 0) is 24.6 Å². The standard InChI is InChI=1S/C19H30N4O3.HI/c1-5-20-19(22-9-8-21-18(24)14(2)3)23(4)13-15-6-7-16-17(12-15)26-11-10-25-16;/h6-7,12,14H,5,8-11,13H2,1-4H3,(H,20,22)(H,21,24);1H. The Labute approximate surface area is 178 Å². The lowest BCUT2D eigenvalue weighted by Gasteiger charge is -2.24. The van der Waals surface area contributed by atoms with E-state index in [1.54, 1.807) is 0 Å². The summed E-state index contributed by atoms with van der Waals surface area (Å²) >= 11 is 0. The summed E-state index contributed by atoms with van der Waals surface area (Å²) in [4.78, 5) is 18.2. The van der Waals surface area contributed by atoms with Gasteiger partial charge in [-0.1, -0.05) is 19.9 Å². The van der Waals surface area contributed by atoms with Gasteiger partial charge in [-0.15, -0.1) is 24.0 Å². The molecule has 152 valence electrons. The van der Waals surface area contributed by atoms with Gasteiger partial charge in [0.15, 0.2) is 17.5 Å². The molecule has 0 atom stereocenters.